The van der Waals surface area contributed by atoms with E-state index in [-0.39, 0.29) is 18.2 Å². The van der Waals surface area contributed by atoms with Gasteiger partial charge in [-0.25, -0.2) is 4.79 Å². The van der Waals surface area contributed by atoms with E-state index in [9.17, 15) is 9.90 Å². The monoisotopic (exact) mass is 329 g/mol. The van der Waals surface area contributed by atoms with Crippen LogP contribution in [0.25, 0.3) is 0 Å². The second-order valence-electron chi connectivity index (χ2n) is 7.94. The molecule has 0 saturated carbocycles. The van der Waals surface area contributed by atoms with E-state index >= 15 is 0 Å². The highest BCUT2D eigenvalue weighted by atomic mass is 16.8. The predicted octanol–water partition coefficient (Wildman–Crippen LogP) is 1.62. The molecule has 3 saturated heterocycles. The summed E-state index contributed by atoms with van der Waals surface area (Å²) in [5.41, 5.74) is -0.565. The summed E-state index contributed by atoms with van der Waals surface area (Å²) in [4.78, 5) is 14.3. The van der Waals surface area contributed by atoms with E-state index in [2.05, 4.69) is 0 Å². The lowest BCUT2D eigenvalue weighted by Gasteiger charge is -2.48. The Hall–Kier alpha value is -0.890. The van der Waals surface area contributed by atoms with Crippen LogP contribution in [-0.4, -0.2) is 64.7 Å². The van der Waals surface area contributed by atoms with Crippen molar-refractivity contribution in [2.24, 2.45) is 0 Å². The Morgan fingerprint density at radius 2 is 1.91 bits per heavy atom. The van der Waals surface area contributed by atoms with Crippen LogP contribution in [0.2, 0.25) is 0 Å². The summed E-state index contributed by atoms with van der Waals surface area (Å²) >= 11 is 0. The minimum atomic E-state index is -1.04. The van der Waals surface area contributed by atoms with Gasteiger partial charge in [0.05, 0.1) is 12.1 Å². The fourth-order valence-electron chi connectivity index (χ4n) is 3.61. The Morgan fingerprint density at radius 1 is 1.26 bits per heavy atom. The van der Waals surface area contributed by atoms with Crippen molar-refractivity contribution >= 4 is 6.09 Å². The van der Waals surface area contributed by atoms with Crippen LogP contribution in [0, 0.1) is 0 Å². The van der Waals surface area contributed by atoms with E-state index in [4.69, 9.17) is 18.9 Å². The highest BCUT2D eigenvalue weighted by molar-refractivity contribution is 5.69. The summed E-state index contributed by atoms with van der Waals surface area (Å²) in [6.07, 6.45) is -1.14. The van der Waals surface area contributed by atoms with Gasteiger partial charge in [-0.3, -0.25) is 4.90 Å². The number of hydrogen-bond acceptors (Lipinski definition) is 6. The van der Waals surface area contributed by atoms with E-state index in [0.717, 1.165) is 12.8 Å². The number of amides is 1. The summed E-state index contributed by atoms with van der Waals surface area (Å²) < 4.78 is 23.0. The third kappa shape index (κ3) is 3.33. The van der Waals surface area contributed by atoms with Crippen molar-refractivity contribution in [3.63, 3.8) is 0 Å². The van der Waals surface area contributed by atoms with Gasteiger partial charge >= 0.3 is 6.09 Å². The molecule has 5 atom stereocenters. The quantitative estimate of drug-likeness (QED) is 0.728. The van der Waals surface area contributed by atoms with Crippen LogP contribution in [0.4, 0.5) is 4.79 Å². The third-order valence-corrected chi connectivity index (χ3v) is 4.35. The molecule has 1 amide bonds. The highest BCUT2D eigenvalue weighted by Gasteiger charge is 2.58. The SMILES string of the molecule is CC(C)(C)OC(=O)N1CCC[C@@H]2O[C@H](O)C3OC(C)(C)O[C@H]3[C@@H]21. The van der Waals surface area contributed by atoms with Crippen molar-refractivity contribution < 1.29 is 28.8 Å². The van der Waals surface area contributed by atoms with Gasteiger partial charge in [0, 0.05) is 6.54 Å². The first-order valence-corrected chi connectivity index (χ1v) is 8.26. The van der Waals surface area contributed by atoms with Crippen molar-refractivity contribution in [1.29, 1.82) is 0 Å². The molecule has 0 aromatic rings. The molecule has 0 aromatic heterocycles. The Labute approximate surface area is 136 Å². The number of carbonyl (C=O) groups excluding carboxylic acids is 1. The van der Waals surface area contributed by atoms with Gasteiger partial charge in [-0.2, -0.15) is 0 Å². The Kier molecular flexibility index (Phi) is 4.11. The number of nitrogens with zero attached hydrogens (tertiary/aromatic N) is 1. The highest BCUT2D eigenvalue weighted by Crippen LogP contribution is 2.41. The van der Waals surface area contributed by atoms with Crippen LogP contribution in [0.3, 0.4) is 0 Å². The molecular formula is C16H27NO6. The van der Waals surface area contributed by atoms with Crippen molar-refractivity contribution in [3.05, 3.63) is 0 Å². The summed E-state index contributed by atoms with van der Waals surface area (Å²) in [6.45, 7) is 9.71. The van der Waals surface area contributed by atoms with Crippen LogP contribution >= 0.6 is 0 Å². The van der Waals surface area contributed by atoms with Gasteiger partial charge in [0.25, 0.3) is 0 Å². The number of ether oxygens (including phenoxy) is 4. The summed E-state index contributed by atoms with van der Waals surface area (Å²) in [7, 11) is 0. The lowest BCUT2D eigenvalue weighted by atomic mass is 9.89. The fourth-order valence-corrected chi connectivity index (χ4v) is 3.61. The zero-order valence-corrected chi connectivity index (χ0v) is 14.4. The number of fused-ring (bicyclic) bond motifs is 3. The largest absolute Gasteiger partial charge is 0.444 e. The molecule has 3 heterocycles. The van der Waals surface area contributed by atoms with E-state index in [0.29, 0.717) is 6.54 Å². The Bertz CT molecular complexity index is 474. The van der Waals surface area contributed by atoms with Crippen molar-refractivity contribution in [3.8, 4) is 0 Å². The molecule has 0 bridgehead atoms. The standard InChI is InChI=1S/C16H27NO6/c1-15(2,3)23-14(19)17-8-6-7-9-10(17)11-12(13(18)20-9)22-16(4,5)21-11/h9-13,18H,6-8H2,1-5H3/t9-,10+,11-,12?,13-/m0/s1. The number of hydrogen-bond donors (Lipinski definition) is 1. The molecule has 7 heteroatoms. The molecule has 3 aliphatic rings. The zero-order chi connectivity index (χ0) is 17.0. The molecule has 3 fully saturated rings. The van der Waals surface area contributed by atoms with Crippen molar-refractivity contribution in [2.45, 2.75) is 89.5 Å². The van der Waals surface area contributed by atoms with Gasteiger partial charge in [-0.15, -0.1) is 0 Å². The first-order valence-electron chi connectivity index (χ1n) is 8.26. The van der Waals surface area contributed by atoms with Crippen LogP contribution in [0.15, 0.2) is 0 Å². The maximum Gasteiger partial charge on any atom is 0.410 e. The average Bonchev–Trinajstić information content (AvgIpc) is 2.72. The molecule has 0 aromatic carbocycles. The van der Waals surface area contributed by atoms with E-state index < -0.39 is 29.9 Å². The van der Waals surface area contributed by atoms with Crippen LogP contribution in [0.1, 0.15) is 47.5 Å². The number of likely N-dealkylation sites (tertiary alicyclic amines) is 1. The second kappa shape index (κ2) is 5.58. The van der Waals surface area contributed by atoms with Crippen LogP contribution in [0.5, 0.6) is 0 Å². The van der Waals surface area contributed by atoms with Gasteiger partial charge < -0.3 is 24.1 Å². The van der Waals surface area contributed by atoms with Gasteiger partial charge in [0.2, 0.25) is 0 Å². The number of carbonyl (C=O) groups is 1. The number of aliphatic hydroxyl groups is 1. The summed E-state index contributed by atoms with van der Waals surface area (Å²) in [5, 5.41) is 10.2. The van der Waals surface area contributed by atoms with Gasteiger partial charge in [0.15, 0.2) is 12.1 Å². The molecule has 1 unspecified atom stereocenters. The normalized spacial score (nSPS) is 39.6. The first kappa shape index (κ1) is 17.0. The van der Waals surface area contributed by atoms with E-state index in [1.54, 1.807) is 18.7 Å². The molecule has 3 rings (SSSR count). The zero-order valence-electron chi connectivity index (χ0n) is 14.4. The topological polar surface area (TPSA) is 77.5 Å². The van der Waals surface area contributed by atoms with E-state index in [1.807, 2.05) is 20.8 Å². The molecule has 7 nitrogen and oxygen atoms in total. The second-order valence-corrected chi connectivity index (χ2v) is 7.94. The molecule has 132 valence electrons. The third-order valence-electron chi connectivity index (χ3n) is 4.35. The first-order chi connectivity index (χ1) is 10.6. The predicted molar refractivity (Wildman–Crippen MR) is 80.7 cm³/mol. The maximum atomic E-state index is 12.6. The van der Waals surface area contributed by atoms with Gasteiger partial charge in [-0.05, 0) is 47.5 Å². The fraction of sp³-hybridized carbons (Fsp3) is 0.938. The lowest BCUT2D eigenvalue weighted by Crippen LogP contribution is -2.65. The van der Waals surface area contributed by atoms with Gasteiger partial charge in [-0.1, -0.05) is 0 Å². The average molecular weight is 329 g/mol. The van der Waals surface area contributed by atoms with Crippen molar-refractivity contribution in [1.82, 2.24) is 4.90 Å². The van der Waals surface area contributed by atoms with Crippen LogP contribution < -0.4 is 0 Å². The Balaban J connectivity index is 1.84. The summed E-state index contributed by atoms with van der Waals surface area (Å²) in [6, 6.07) is -0.311. The lowest BCUT2D eigenvalue weighted by molar-refractivity contribution is -0.252. The molecule has 0 spiro atoms. The van der Waals surface area contributed by atoms with Crippen LogP contribution in [-0.2, 0) is 18.9 Å². The van der Waals surface area contributed by atoms with Gasteiger partial charge in [0.1, 0.15) is 17.8 Å². The molecular weight excluding hydrogens is 302 g/mol. The molecule has 23 heavy (non-hydrogen) atoms. The number of aliphatic hydroxyl groups excluding tert-OH is 1. The summed E-state index contributed by atoms with van der Waals surface area (Å²) in [5.74, 6) is -0.814. The molecule has 0 aliphatic carbocycles. The minimum Gasteiger partial charge on any atom is -0.444 e. The smallest absolute Gasteiger partial charge is 0.410 e. The van der Waals surface area contributed by atoms with Crippen molar-refractivity contribution in [2.75, 3.05) is 6.54 Å². The molecule has 0 radical (unpaired) electrons. The number of piperidine rings is 1. The molecule has 1 N–H and O–H groups in total. The van der Waals surface area contributed by atoms with E-state index in [1.165, 1.54) is 0 Å². The number of rotatable bonds is 0. The minimum absolute atomic E-state index is 0.273. The molecule has 3 aliphatic heterocycles. The Morgan fingerprint density at radius 3 is 2.57 bits per heavy atom. The maximum absolute atomic E-state index is 12.6.